The van der Waals surface area contributed by atoms with E-state index in [0.717, 1.165) is 23.2 Å². The second-order valence-corrected chi connectivity index (χ2v) is 3.76. The average molecular weight is 282 g/mol. The Morgan fingerprint density at radius 3 is 2.14 bits per heavy atom. The molecule has 0 aliphatic rings. The van der Waals surface area contributed by atoms with Crippen LogP contribution >= 0.6 is 0 Å². The van der Waals surface area contributed by atoms with Gasteiger partial charge in [0.1, 0.15) is 17.0 Å². The van der Waals surface area contributed by atoms with Gasteiger partial charge in [0.2, 0.25) is 0 Å². The van der Waals surface area contributed by atoms with Gasteiger partial charge >= 0.3 is 0 Å². The van der Waals surface area contributed by atoms with Gasteiger partial charge in [0.05, 0.1) is 0 Å². The SMILES string of the molecule is CC.CC.O=Cc1c(-c2ccccc2)nc2ccccn12. The van der Waals surface area contributed by atoms with Gasteiger partial charge in [0.25, 0.3) is 0 Å². The molecule has 0 unspecified atom stereocenters. The maximum Gasteiger partial charge on any atom is 0.169 e. The fraction of sp³-hybridized carbons (Fsp3) is 0.222. The minimum absolute atomic E-state index is 0.590. The lowest BCUT2D eigenvalue weighted by molar-refractivity contribution is 0.111. The lowest BCUT2D eigenvalue weighted by atomic mass is 10.1. The third kappa shape index (κ3) is 3.57. The van der Waals surface area contributed by atoms with Crippen LogP contribution in [-0.2, 0) is 0 Å². The molecule has 1 aromatic carbocycles. The number of aromatic nitrogens is 2. The summed E-state index contributed by atoms with van der Waals surface area (Å²) in [5, 5.41) is 0. The summed E-state index contributed by atoms with van der Waals surface area (Å²) < 4.78 is 1.80. The molecule has 3 heteroatoms. The van der Waals surface area contributed by atoms with Gasteiger partial charge in [-0.25, -0.2) is 4.98 Å². The van der Waals surface area contributed by atoms with Gasteiger partial charge in [0, 0.05) is 11.8 Å². The number of nitrogens with zero attached hydrogens (tertiary/aromatic N) is 2. The Labute approximate surface area is 126 Å². The molecule has 3 aromatic rings. The molecule has 110 valence electrons. The lowest BCUT2D eigenvalue weighted by Gasteiger charge is -1.97. The molecule has 0 atom stereocenters. The van der Waals surface area contributed by atoms with E-state index in [4.69, 9.17) is 0 Å². The number of carbonyl (C=O) groups excluding carboxylic acids is 1. The quantitative estimate of drug-likeness (QED) is 0.629. The molecule has 0 bridgehead atoms. The number of aldehydes is 1. The van der Waals surface area contributed by atoms with Crippen LogP contribution in [0.25, 0.3) is 16.9 Å². The van der Waals surface area contributed by atoms with Crippen LogP contribution in [0, 0.1) is 0 Å². The molecule has 0 aliphatic carbocycles. The highest BCUT2D eigenvalue weighted by atomic mass is 16.1. The van der Waals surface area contributed by atoms with E-state index in [2.05, 4.69) is 4.98 Å². The summed E-state index contributed by atoms with van der Waals surface area (Å²) in [4.78, 5) is 15.7. The van der Waals surface area contributed by atoms with Gasteiger partial charge in [-0.2, -0.15) is 0 Å². The summed E-state index contributed by atoms with van der Waals surface area (Å²) in [5.74, 6) is 0. The van der Waals surface area contributed by atoms with Gasteiger partial charge in [-0.1, -0.05) is 64.1 Å². The van der Waals surface area contributed by atoms with Crippen molar-refractivity contribution in [3.63, 3.8) is 0 Å². The second kappa shape index (κ2) is 8.69. The van der Waals surface area contributed by atoms with E-state index in [-0.39, 0.29) is 0 Å². The first-order valence-corrected chi connectivity index (χ1v) is 7.38. The molecule has 3 nitrogen and oxygen atoms in total. The molecule has 21 heavy (non-hydrogen) atoms. The van der Waals surface area contributed by atoms with Crippen molar-refractivity contribution in [2.75, 3.05) is 0 Å². The topological polar surface area (TPSA) is 34.4 Å². The second-order valence-electron chi connectivity index (χ2n) is 3.76. The van der Waals surface area contributed by atoms with Crippen molar-refractivity contribution in [3.8, 4) is 11.3 Å². The van der Waals surface area contributed by atoms with E-state index in [1.807, 2.05) is 82.4 Å². The molecular formula is C18H22N2O. The molecule has 0 radical (unpaired) electrons. The molecule has 0 saturated heterocycles. The fourth-order valence-corrected chi connectivity index (χ4v) is 1.94. The van der Waals surface area contributed by atoms with E-state index in [9.17, 15) is 4.79 Å². The number of rotatable bonds is 2. The van der Waals surface area contributed by atoms with Crippen LogP contribution in [0.3, 0.4) is 0 Å². The summed E-state index contributed by atoms with van der Waals surface area (Å²) in [6.45, 7) is 8.00. The predicted octanol–water partition coefficient (Wildman–Crippen LogP) is 4.87. The molecule has 3 rings (SSSR count). The maximum atomic E-state index is 11.2. The van der Waals surface area contributed by atoms with Crippen molar-refractivity contribution in [2.45, 2.75) is 27.7 Å². The van der Waals surface area contributed by atoms with Gasteiger partial charge < -0.3 is 0 Å². The number of pyridine rings is 1. The number of hydrogen-bond donors (Lipinski definition) is 0. The molecule has 0 amide bonds. The summed E-state index contributed by atoms with van der Waals surface area (Å²) in [6.07, 6.45) is 2.70. The van der Waals surface area contributed by atoms with Crippen LogP contribution < -0.4 is 0 Å². The summed E-state index contributed by atoms with van der Waals surface area (Å²) in [7, 11) is 0. The monoisotopic (exact) mass is 282 g/mol. The average Bonchev–Trinajstić information content (AvgIpc) is 2.98. The van der Waals surface area contributed by atoms with Crippen molar-refractivity contribution in [2.24, 2.45) is 0 Å². The van der Waals surface area contributed by atoms with Crippen LogP contribution in [0.1, 0.15) is 38.2 Å². The Bertz CT molecular complexity index is 672. The Hall–Kier alpha value is -2.42. The highest BCUT2D eigenvalue weighted by Gasteiger charge is 2.11. The fourth-order valence-electron chi connectivity index (χ4n) is 1.94. The Balaban J connectivity index is 0.000000510. The zero-order valence-electron chi connectivity index (χ0n) is 13.1. The van der Waals surface area contributed by atoms with E-state index >= 15 is 0 Å². The van der Waals surface area contributed by atoms with Crippen LogP contribution in [0.4, 0.5) is 0 Å². The highest BCUT2D eigenvalue weighted by Crippen LogP contribution is 2.22. The van der Waals surface area contributed by atoms with Gasteiger partial charge in [-0.05, 0) is 12.1 Å². The molecule has 0 spiro atoms. The number of benzene rings is 1. The van der Waals surface area contributed by atoms with Gasteiger partial charge in [0.15, 0.2) is 6.29 Å². The van der Waals surface area contributed by atoms with Crippen molar-refractivity contribution in [3.05, 3.63) is 60.4 Å². The van der Waals surface area contributed by atoms with E-state index in [1.54, 1.807) is 4.40 Å². The predicted molar refractivity (Wildman–Crippen MR) is 88.7 cm³/mol. The van der Waals surface area contributed by atoms with Crippen LogP contribution in [0.2, 0.25) is 0 Å². The third-order valence-electron chi connectivity index (χ3n) is 2.73. The largest absolute Gasteiger partial charge is 0.297 e. The third-order valence-corrected chi connectivity index (χ3v) is 2.73. The number of fused-ring (bicyclic) bond motifs is 1. The van der Waals surface area contributed by atoms with Gasteiger partial charge in [-0.15, -0.1) is 0 Å². The maximum absolute atomic E-state index is 11.2. The summed E-state index contributed by atoms with van der Waals surface area (Å²) in [6, 6.07) is 15.4. The minimum Gasteiger partial charge on any atom is -0.297 e. The Kier molecular flexibility index (Phi) is 6.88. The molecule has 0 saturated carbocycles. The minimum atomic E-state index is 0.590. The van der Waals surface area contributed by atoms with E-state index in [1.165, 1.54) is 0 Å². The Morgan fingerprint density at radius 1 is 0.905 bits per heavy atom. The normalized spacial score (nSPS) is 9.14. The highest BCUT2D eigenvalue weighted by molar-refractivity contribution is 5.86. The van der Waals surface area contributed by atoms with Crippen LogP contribution in [0.15, 0.2) is 54.7 Å². The summed E-state index contributed by atoms with van der Waals surface area (Å²) >= 11 is 0. The van der Waals surface area contributed by atoms with Crippen molar-refractivity contribution in [1.82, 2.24) is 9.38 Å². The van der Waals surface area contributed by atoms with Gasteiger partial charge in [-0.3, -0.25) is 9.20 Å². The molecule has 0 fully saturated rings. The van der Waals surface area contributed by atoms with Crippen LogP contribution in [0.5, 0.6) is 0 Å². The zero-order chi connectivity index (χ0) is 15.7. The van der Waals surface area contributed by atoms with E-state index < -0.39 is 0 Å². The zero-order valence-corrected chi connectivity index (χ0v) is 13.1. The number of carbonyl (C=O) groups is 1. The first-order valence-electron chi connectivity index (χ1n) is 7.38. The Morgan fingerprint density at radius 2 is 1.52 bits per heavy atom. The van der Waals surface area contributed by atoms with Crippen LogP contribution in [-0.4, -0.2) is 15.7 Å². The lowest BCUT2D eigenvalue weighted by Crippen LogP contribution is -1.91. The standard InChI is InChI=1S/C14H10N2O.2C2H6/c17-10-12-14(11-6-2-1-3-7-11)15-13-8-4-5-9-16(12)13;2*1-2/h1-10H;2*1-2H3. The van der Waals surface area contributed by atoms with Crippen molar-refractivity contribution in [1.29, 1.82) is 0 Å². The molecular weight excluding hydrogens is 260 g/mol. The number of hydrogen-bond acceptors (Lipinski definition) is 2. The smallest absolute Gasteiger partial charge is 0.169 e. The molecule has 2 aromatic heterocycles. The van der Waals surface area contributed by atoms with Crippen molar-refractivity contribution >= 4 is 11.9 Å². The molecule has 2 heterocycles. The van der Waals surface area contributed by atoms with E-state index in [0.29, 0.717) is 5.69 Å². The first kappa shape index (κ1) is 16.6. The molecule has 0 aliphatic heterocycles. The van der Waals surface area contributed by atoms with Crippen molar-refractivity contribution < 1.29 is 4.79 Å². The molecule has 0 N–H and O–H groups in total. The first-order chi connectivity index (χ1) is 10.4. The number of imidazole rings is 1. The summed E-state index contributed by atoms with van der Waals surface area (Å²) in [5.41, 5.74) is 3.06.